The summed E-state index contributed by atoms with van der Waals surface area (Å²) in [5.74, 6) is 1.91. The van der Waals surface area contributed by atoms with Crippen molar-refractivity contribution in [3.63, 3.8) is 0 Å². The van der Waals surface area contributed by atoms with Crippen molar-refractivity contribution in [3.8, 4) is 11.5 Å². The molecule has 2 aromatic heterocycles. The molecule has 0 atom stereocenters. The molecule has 0 saturated carbocycles. The lowest BCUT2D eigenvalue weighted by Crippen LogP contribution is -2.04. The Kier molecular flexibility index (Phi) is 3.08. The van der Waals surface area contributed by atoms with Gasteiger partial charge in [-0.3, -0.25) is 4.68 Å². The van der Waals surface area contributed by atoms with Crippen LogP contribution in [0, 0.1) is 0 Å². The largest absolute Gasteiger partial charge is 0.373 e. The first-order chi connectivity index (χ1) is 8.11. The second-order valence-corrected chi connectivity index (χ2v) is 4.25. The fraction of sp³-hybridized carbons (Fsp3) is 0.417. The number of anilines is 1. The molecule has 0 aliphatic carbocycles. The van der Waals surface area contributed by atoms with Crippen LogP contribution in [0.2, 0.25) is 0 Å². The smallest absolute Gasteiger partial charge is 0.180 e. The van der Waals surface area contributed by atoms with Crippen LogP contribution in [0.3, 0.4) is 0 Å². The van der Waals surface area contributed by atoms with Gasteiger partial charge in [0.25, 0.3) is 0 Å². The van der Waals surface area contributed by atoms with E-state index >= 15 is 0 Å². The highest BCUT2D eigenvalue weighted by molar-refractivity contribution is 5.53. The van der Waals surface area contributed by atoms with Crippen LogP contribution in [0.5, 0.6) is 0 Å². The number of hydrogen-bond donors (Lipinski definition) is 1. The third-order valence-electron chi connectivity index (χ3n) is 2.64. The Morgan fingerprint density at radius 3 is 2.59 bits per heavy atom. The summed E-state index contributed by atoms with van der Waals surface area (Å²) in [4.78, 5) is 9.03. The number of aryl methyl sites for hydroxylation is 1. The highest BCUT2D eigenvalue weighted by atomic mass is 15.3. The molecule has 0 unspecified atom stereocenters. The van der Waals surface area contributed by atoms with Crippen molar-refractivity contribution in [3.05, 3.63) is 24.0 Å². The van der Waals surface area contributed by atoms with Gasteiger partial charge in [0.1, 0.15) is 11.5 Å². The molecule has 0 aliphatic heterocycles. The molecule has 5 heteroatoms. The first-order valence-corrected chi connectivity index (χ1v) is 5.67. The standard InChI is InChI=1S/C12H17N5/c1-8(2)9-7-11(13-3)16-12(15-9)10-5-6-14-17(10)4/h5-8H,1-4H3,(H,13,15,16). The average molecular weight is 231 g/mol. The second kappa shape index (κ2) is 4.53. The van der Waals surface area contributed by atoms with E-state index in [9.17, 15) is 0 Å². The maximum absolute atomic E-state index is 4.57. The number of rotatable bonds is 3. The van der Waals surface area contributed by atoms with Gasteiger partial charge in [0.05, 0.1) is 0 Å². The SMILES string of the molecule is CNc1cc(C(C)C)nc(-c2ccnn2C)n1. The van der Waals surface area contributed by atoms with Crippen LogP contribution < -0.4 is 5.32 Å². The molecule has 0 aliphatic rings. The lowest BCUT2D eigenvalue weighted by molar-refractivity contribution is 0.763. The van der Waals surface area contributed by atoms with Gasteiger partial charge in [-0.15, -0.1) is 0 Å². The molecule has 17 heavy (non-hydrogen) atoms. The highest BCUT2D eigenvalue weighted by Crippen LogP contribution is 2.20. The Bertz CT molecular complexity index is 515. The molecule has 0 radical (unpaired) electrons. The van der Waals surface area contributed by atoms with Gasteiger partial charge in [0, 0.05) is 32.1 Å². The molecule has 0 spiro atoms. The number of nitrogens with zero attached hydrogens (tertiary/aromatic N) is 4. The monoisotopic (exact) mass is 231 g/mol. The van der Waals surface area contributed by atoms with Crippen molar-refractivity contribution in [2.24, 2.45) is 7.05 Å². The molecule has 1 N–H and O–H groups in total. The predicted octanol–water partition coefficient (Wildman–Crippen LogP) is 2.04. The van der Waals surface area contributed by atoms with Gasteiger partial charge in [-0.25, -0.2) is 9.97 Å². The summed E-state index contributed by atoms with van der Waals surface area (Å²) >= 11 is 0. The number of aromatic nitrogens is 4. The summed E-state index contributed by atoms with van der Waals surface area (Å²) < 4.78 is 1.78. The van der Waals surface area contributed by atoms with Crippen LogP contribution in [0.15, 0.2) is 18.3 Å². The lowest BCUT2D eigenvalue weighted by atomic mass is 10.1. The first-order valence-electron chi connectivity index (χ1n) is 5.67. The average Bonchev–Trinajstić information content (AvgIpc) is 2.74. The molecule has 2 heterocycles. The normalized spacial score (nSPS) is 10.9. The Labute approximate surface area is 101 Å². The van der Waals surface area contributed by atoms with Crippen molar-refractivity contribution < 1.29 is 0 Å². The Morgan fingerprint density at radius 2 is 2.06 bits per heavy atom. The van der Waals surface area contributed by atoms with Crippen LogP contribution in [0.1, 0.15) is 25.5 Å². The molecule has 2 aromatic rings. The van der Waals surface area contributed by atoms with Gasteiger partial charge in [-0.2, -0.15) is 5.10 Å². The van der Waals surface area contributed by atoms with E-state index in [0.29, 0.717) is 11.7 Å². The zero-order chi connectivity index (χ0) is 12.4. The zero-order valence-corrected chi connectivity index (χ0v) is 10.6. The number of hydrogen-bond acceptors (Lipinski definition) is 4. The minimum atomic E-state index is 0.372. The molecule has 90 valence electrons. The van der Waals surface area contributed by atoms with E-state index in [-0.39, 0.29) is 0 Å². The second-order valence-electron chi connectivity index (χ2n) is 4.25. The van der Waals surface area contributed by atoms with Crippen LogP contribution in [0.4, 0.5) is 5.82 Å². The summed E-state index contributed by atoms with van der Waals surface area (Å²) in [5, 5.41) is 7.20. The van der Waals surface area contributed by atoms with E-state index in [0.717, 1.165) is 17.2 Å². The molecule has 2 rings (SSSR count). The molecular formula is C12H17N5. The Balaban J connectivity index is 2.54. The van der Waals surface area contributed by atoms with Crippen LogP contribution in [-0.4, -0.2) is 26.8 Å². The van der Waals surface area contributed by atoms with Crippen LogP contribution >= 0.6 is 0 Å². The van der Waals surface area contributed by atoms with Crippen molar-refractivity contribution in [2.45, 2.75) is 19.8 Å². The molecule has 0 aromatic carbocycles. The summed E-state index contributed by atoms with van der Waals surface area (Å²) in [6, 6.07) is 3.89. The van der Waals surface area contributed by atoms with E-state index in [1.54, 1.807) is 10.9 Å². The molecule has 0 amide bonds. The van der Waals surface area contributed by atoms with E-state index in [1.807, 2.05) is 26.2 Å². The van der Waals surface area contributed by atoms with Gasteiger partial charge in [0.15, 0.2) is 5.82 Å². The van der Waals surface area contributed by atoms with E-state index in [4.69, 9.17) is 0 Å². The van der Waals surface area contributed by atoms with Crippen LogP contribution in [-0.2, 0) is 7.05 Å². The predicted molar refractivity (Wildman–Crippen MR) is 67.9 cm³/mol. The van der Waals surface area contributed by atoms with Gasteiger partial charge in [-0.1, -0.05) is 13.8 Å². The number of nitrogens with one attached hydrogen (secondary N) is 1. The third kappa shape index (κ3) is 2.27. The molecule has 0 bridgehead atoms. The van der Waals surface area contributed by atoms with Gasteiger partial charge < -0.3 is 5.32 Å². The quantitative estimate of drug-likeness (QED) is 0.878. The molecule has 0 fully saturated rings. The summed E-state index contributed by atoms with van der Waals surface area (Å²) in [7, 11) is 3.75. The van der Waals surface area contributed by atoms with Crippen molar-refractivity contribution in [2.75, 3.05) is 12.4 Å². The maximum atomic E-state index is 4.57. The summed E-state index contributed by atoms with van der Waals surface area (Å²) in [6.45, 7) is 4.24. The minimum Gasteiger partial charge on any atom is -0.373 e. The van der Waals surface area contributed by atoms with Crippen molar-refractivity contribution in [1.82, 2.24) is 19.7 Å². The highest BCUT2D eigenvalue weighted by Gasteiger charge is 2.11. The molecule has 0 saturated heterocycles. The first kappa shape index (κ1) is 11.6. The fourth-order valence-electron chi connectivity index (χ4n) is 1.60. The van der Waals surface area contributed by atoms with E-state index in [2.05, 4.69) is 34.2 Å². The molecule has 5 nitrogen and oxygen atoms in total. The Morgan fingerprint density at radius 1 is 1.29 bits per heavy atom. The van der Waals surface area contributed by atoms with E-state index in [1.165, 1.54) is 0 Å². The van der Waals surface area contributed by atoms with Gasteiger partial charge in [0.2, 0.25) is 0 Å². The Hall–Kier alpha value is -1.91. The third-order valence-corrected chi connectivity index (χ3v) is 2.64. The van der Waals surface area contributed by atoms with E-state index < -0.39 is 0 Å². The molecular weight excluding hydrogens is 214 g/mol. The minimum absolute atomic E-state index is 0.372. The maximum Gasteiger partial charge on any atom is 0.180 e. The van der Waals surface area contributed by atoms with Gasteiger partial charge in [-0.05, 0) is 12.0 Å². The van der Waals surface area contributed by atoms with Crippen molar-refractivity contribution >= 4 is 5.82 Å². The topological polar surface area (TPSA) is 55.6 Å². The summed E-state index contributed by atoms with van der Waals surface area (Å²) in [5.41, 5.74) is 1.95. The van der Waals surface area contributed by atoms with Crippen LogP contribution in [0.25, 0.3) is 11.5 Å². The lowest BCUT2D eigenvalue weighted by Gasteiger charge is -2.10. The van der Waals surface area contributed by atoms with Gasteiger partial charge >= 0.3 is 0 Å². The van der Waals surface area contributed by atoms with Crippen molar-refractivity contribution in [1.29, 1.82) is 0 Å². The fourth-order valence-corrected chi connectivity index (χ4v) is 1.60. The summed E-state index contributed by atoms with van der Waals surface area (Å²) in [6.07, 6.45) is 1.75. The zero-order valence-electron chi connectivity index (χ0n) is 10.6.